The predicted molar refractivity (Wildman–Crippen MR) is 103 cm³/mol. The van der Waals surface area contributed by atoms with Gasteiger partial charge in [-0.05, 0) is 24.3 Å². The summed E-state index contributed by atoms with van der Waals surface area (Å²) in [5.74, 6) is 1.20. The van der Waals surface area contributed by atoms with Gasteiger partial charge in [0.1, 0.15) is 11.7 Å². The molecule has 28 heavy (non-hydrogen) atoms. The van der Waals surface area contributed by atoms with Gasteiger partial charge in [0.15, 0.2) is 11.6 Å². The number of pyridine rings is 1. The van der Waals surface area contributed by atoms with E-state index in [2.05, 4.69) is 15.2 Å². The van der Waals surface area contributed by atoms with E-state index in [9.17, 15) is 4.79 Å². The number of rotatable bonds is 2. The highest BCUT2D eigenvalue weighted by Gasteiger charge is 2.44. The number of fused-ring (bicyclic) bond motifs is 4. The van der Waals surface area contributed by atoms with Gasteiger partial charge in [0.05, 0.1) is 34.9 Å². The van der Waals surface area contributed by atoms with Crippen molar-refractivity contribution in [3.8, 4) is 11.5 Å². The molecule has 2 aliphatic rings. The van der Waals surface area contributed by atoms with Gasteiger partial charge in [-0.25, -0.2) is 0 Å². The van der Waals surface area contributed by atoms with Crippen molar-refractivity contribution in [3.05, 3.63) is 64.0 Å². The fraction of sp³-hybridized carbons (Fsp3) is 0.263. The van der Waals surface area contributed by atoms with Gasteiger partial charge >= 0.3 is 0 Å². The van der Waals surface area contributed by atoms with Crippen molar-refractivity contribution in [2.75, 3.05) is 13.2 Å². The number of benzene rings is 1. The van der Waals surface area contributed by atoms with E-state index in [1.54, 1.807) is 29.3 Å². The number of aromatic nitrogens is 4. The lowest BCUT2D eigenvalue weighted by atomic mass is 10.0. The van der Waals surface area contributed by atoms with Crippen LogP contribution in [-0.4, -0.2) is 49.8 Å². The predicted octanol–water partition coefficient (Wildman–Crippen LogP) is 3.24. The molecular formula is C19H15Cl2N5O2. The Kier molecular flexibility index (Phi) is 4.30. The van der Waals surface area contributed by atoms with Crippen LogP contribution in [0.1, 0.15) is 22.2 Å². The summed E-state index contributed by atoms with van der Waals surface area (Å²) in [4.78, 5) is 19.5. The highest BCUT2D eigenvalue weighted by Crippen LogP contribution is 2.37. The number of carbonyl (C=O) groups excluding carboxylic acids is 1. The van der Waals surface area contributed by atoms with Crippen LogP contribution in [0.2, 0.25) is 10.0 Å². The van der Waals surface area contributed by atoms with Gasteiger partial charge in [-0.3, -0.25) is 9.78 Å². The molecule has 3 aromatic rings. The number of ether oxygens (including phenoxy) is 1. The van der Waals surface area contributed by atoms with E-state index < -0.39 is 0 Å². The molecule has 5 rings (SSSR count). The molecule has 1 aromatic carbocycles. The second-order valence-corrected chi connectivity index (χ2v) is 7.51. The molecule has 9 heteroatoms. The fourth-order valence-corrected chi connectivity index (χ4v) is 4.20. The first-order valence-corrected chi connectivity index (χ1v) is 9.59. The zero-order chi connectivity index (χ0) is 19.3. The summed E-state index contributed by atoms with van der Waals surface area (Å²) in [5, 5.41) is 9.31. The second kappa shape index (κ2) is 6.84. The van der Waals surface area contributed by atoms with Gasteiger partial charge in [-0.1, -0.05) is 35.3 Å². The average Bonchev–Trinajstić information content (AvgIpc) is 3.13. The third-order valence-corrected chi connectivity index (χ3v) is 5.92. The van der Waals surface area contributed by atoms with Gasteiger partial charge < -0.3 is 14.2 Å². The minimum absolute atomic E-state index is 0.160. The van der Waals surface area contributed by atoms with Crippen molar-refractivity contribution in [1.29, 1.82) is 0 Å². The molecule has 2 aromatic heterocycles. The van der Waals surface area contributed by atoms with E-state index in [0.717, 1.165) is 5.69 Å². The summed E-state index contributed by atoms with van der Waals surface area (Å²) >= 11 is 12.4. The van der Waals surface area contributed by atoms with Crippen LogP contribution < -0.4 is 0 Å². The SMILES string of the molecule is O=C(c1cccc(Cl)c1Cl)N1[C@H]2COC[C@@H]1c1nnc(-c3ccccn3)n1C2. The zero-order valence-electron chi connectivity index (χ0n) is 14.6. The van der Waals surface area contributed by atoms with Gasteiger partial charge in [-0.2, -0.15) is 0 Å². The molecule has 1 fully saturated rings. The van der Waals surface area contributed by atoms with Crippen molar-refractivity contribution in [3.63, 3.8) is 0 Å². The lowest BCUT2D eigenvalue weighted by Crippen LogP contribution is -2.56. The first-order valence-electron chi connectivity index (χ1n) is 8.84. The molecule has 2 aliphatic heterocycles. The van der Waals surface area contributed by atoms with Crippen LogP contribution in [0.5, 0.6) is 0 Å². The fourth-order valence-electron chi connectivity index (χ4n) is 3.82. The Bertz CT molecular complexity index is 1060. The lowest BCUT2D eigenvalue weighted by Gasteiger charge is -2.45. The van der Waals surface area contributed by atoms with E-state index >= 15 is 0 Å². The summed E-state index contributed by atoms with van der Waals surface area (Å²) in [6.45, 7) is 1.30. The summed E-state index contributed by atoms with van der Waals surface area (Å²) in [7, 11) is 0. The van der Waals surface area contributed by atoms with Crippen LogP contribution in [-0.2, 0) is 11.3 Å². The number of hydrogen-bond donors (Lipinski definition) is 0. The normalized spacial score (nSPS) is 20.7. The monoisotopic (exact) mass is 415 g/mol. The summed E-state index contributed by atoms with van der Waals surface area (Å²) in [6.07, 6.45) is 1.72. The highest BCUT2D eigenvalue weighted by molar-refractivity contribution is 6.43. The minimum atomic E-state index is -0.347. The number of hydrogen-bond acceptors (Lipinski definition) is 5. The summed E-state index contributed by atoms with van der Waals surface area (Å²) < 4.78 is 7.76. The van der Waals surface area contributed by atoms with Crippen LogP contribution in [0.4, 0.5) is 0 Å². The van der Waals surface area contributed by atoms with E-state index in [1.165, 1.54) is 0 Å². The van der Waals surface area contributed by atoms with Crippen LogP contribution in [0.15, 0.2) is 42.6 Å². The molecule has 0 spiro atoms. The number of nitrogens with zero attached hydrogens (tertiary/aromatic N) is 5. The van der Waals surface area contributed by atoms with E-state index in [1.807, 2.05) is 22.8 Å². The van der Waals surface area contributed by atoms with Crippen LogP contribution in [0.3, 0.4) is 0 Å². The third kappa shape index (κ3) is 2.70. The molecule has 2 atom stereocenters. The first-order chi connectivity index (χ1) is 13.6. The van der Waals surface area contributed by atoms with Gasteiger partial charge in [0.25, 0.3) is 5.91 Å². The van der Waals surface area contributed by atoms with Gasteiger partial charge in [0.2, 0.25) is 0 Å². The number of carbonyl (C=O) groups is 1. The summed E-state index contributed by atoms with van der Waals surface area (Å²) in [5.41, 5.74) is 1.13. The molecule has 0 N–H and O–H groups in total. The molecule has 1 saturated heterocycles. The first kappa shape index (κ1) is 17.6. The minimum Gasteiger partial charge on any atom is -0.377 e. The molecule has 0 saturated carbocycles. The zero-order valence-corrected chi connectivity index (χ0v) is 16.1. The van der Waals surface area contributed by atoms with E-state index in [-0.39, 0.29) is 23.0 Å². The molecule has 0 radical (unpaired) electrons. The van der Waals surface area contributed by atoms with Crippen molar-refractivity contribution in [1.82, 2.24) is 24.6 Å². The van der Waals surface area contributed by atoms with Crippen molar-refractivity contribution < 1.29 is 9.53 Å². The quantitative estimate of drug-likeness (QED) is 0.642. The Balaban J connectivity index is 1.56. The smallest absolute Gasteiger partial charge is 0.256 e. The Morgan fingerprint density at radius 1 is 1.11 bits per heavy atom. The number of halogens is 2. The second-order valence-electron chi connectivity index (χ2n) is 6.73. The average molecular weight is 416 g/mol. The van der Waals surface area contributed by atoms with E-state index in [0.29, 0.717) is 42.0 Å². The van der Waals surface area contributed by atoms with Crippen molar-refractivity contribution in [2.24, 2.45) is 0 Å². The molecule has 142 valence electrons. The van der Waals surface area contributed by atoms with Gasteiger partial charge in [0, 0.05) is 12.7 Å². The molecular weight excluding hydrogens is 401 g/mol. The standard InChI is InChI=1S/C19H15Cl2N5O2/c20-13-5-3-4-12(16(13)21)19(27)26-11-8-25-17(14-6-1-2-7-22-14)23-24-18(25)15(26)10-28-9-11/h1-7,11,15H,8-10H2/t11-,15-/m1/s1. The van der Waals surface area contributed by atoms with Crippen LogP contribution >= 0.6 is 23.2 Å². The largest absolute Gasteiger partial charge is 0.377 e. The molecule has 7 nitrogen and oxygen atoms in total. The number of morpholine rings is 1. The maximum atomic E-state index is 13.3. The number of amides is 1. The molecule has 0 aliphatic carbocycles. The summed E-state index contributed by atoms with van der Waals surface area (Å²) in [6, 6.07) is 10.2. The Hall–Kier alpha value is -2.48. The highest BCUT2D eigenvalue weighted by atomic mass is 35.5. The van der Waals surface area contributed by atoms with Crippen LogP contribution in [0, 0.1) is 0 Å². The maximum Gasteiger partial charge on any atom is 0.256 e. The lowest BCUT2D eigenvalue weighted by molar-refractivity contribution is -0.0569. The molecule has 0 unspecified atom stereocenters. The van der Waals surface area contributed by atoms with Crippen molar-refractivity contribution >= 4 is 29.1 Å². The van der Waals surface area contributed by atoms with E-state index in [4.69, 9.17) is 27.9 Å². The third-order valence-electron chi connectivity index (χ3n) is 5.10. The topological polar surface area (TPSA) is 73.1 Å². The Labute approximate surface area is 170 Å². The Morgan fingerprint density at radius 2 is 2.00 bits per heavy atom. The molecule has 1 amide bonds. The van der Waals surface area contributed by atoms with Crippen LogP contribution in [0.25, 0.3) is 11.5 Å². The van der Waals surface area contributed by atoms with Gasteiger partial charge in [-0.15, -0.1) is 10.2 Å². The maximum absolute atomic E-state index is 13.3. The molecule has 2 bridgehead atoms. The Morgan fingerprint density at radius 3 is 2.82 bits per heavy atom. The molecule has 4 heterocycles. The van der Waals surface area contributed by atoms with Crippen molar-refractivity contribution in [2.45, 2.75) is 18.6 Å².